The predicted molar refractivity (Wildman–Crippen MR) is 107 cm³/mol. The molecule has 0 unspecified atom stereocenters. The molecule has 0 aliphatic rings. The number of hydrogen-bond acceptors (Lipinski definition) is 3. The Hall–Kier alpha value is -1.65. The molecule has 1 nitrogen and oxygen atoms in total. The van der Waals surface area contributed by atoms with Gasteiger partial charge in [0.05, 0.1) is 9.40 Å². The summed E-state index contributed by atoms with van der Waals surface area (Å²) < 4.78 is 18.5. The summed E-state index contributed by atoms with van der Waals surface area (Å²) in [5.41, 5.74) is 1.18. The van der Waals surface area contributed by atoms with Crippen molar-refractivity contribution in [1.82, 2.24) is 0 Å². The van der Waals surface area contributed by atoms with Crippen LogP contribution in [0.2, 0.25) is 0 Å². The van der Waals surface area contributed by atoms with Crippen LogP contribution in [0.25, 0.3) is 29.6 Å². The van der Waals surface area contributed by atoms with Crippen LogP contribution >= 0.6 is 22.7 Å². The monoisotopic (exact) mass is 357 g/mol. The first-order valence-electron chi connectivity index (χ1n) is 8.54. The smallest absolute Gasteiger partial charge is 0.123 e. The van der Waals surface area contributed by atoms with Crippen LogP contribution in [0.3, 0.4) is 0 Å². The molecule has 24 heavy (non-hydrogen) atoms. The average molecular weight is 358 g/mol. The number of anilines is 1. The molecule has 0 aliphatic heterocycles. The van der Waals surface area contributed by atoms with Gasteiger partial charge < -0.3 is 5.32 Å². The standard InChI is InChI=1S/C20H20FNS2/c1-2-3-4-5-10-22-14-7-9-18-16(12-14)20-19(24-18)15-11-13(21)6-8-17(15)23-20/h6-9,11-12,22H,2-5,10H2,1H3. The topological polar surface area (TPSA) is 12.0 Å². The minimum absolute atomic E-state index is 0.158. The molecule has 0 spiro atoms. The van der Waals surface area contributed by atoms with Crippen molar-refractivity contribution in [2.24, 2.45) is 0 Å². The van der Waals surface area contributed by atoms with Crippen molar-refractivity contribution in [3.8, 4) is 0 Å². The summed E-state index contributed by atoms with van der Waals surface area (Å²) in [4.78, 5) is 0. The fraction of sp³-hybridized carbons (Fsp3) is 0.300. The molecule has 4 heteroatoms. The van der Waals surface area contributed by atoms with Crippen LogP contribution in [0.1, 0.15) is 32.6 Å². The first-order chi connectivity index (χ1) is 11.8. The summed E-state index contributed by atoms with van der Waals surface area (Å²) in [6.07, 6.45) is 5.08. The van der Waals surface area contributed by atoms with Gasteiger partial charge in [-0.05, 0) is 42.8 Å². The number of rotatable bonds is 6. The molecule has 0 atom stereocenters. The molecule has 0 radical (unpaired) electrons. The zero-order chi connectivity index (χ0) is 16.5. The first-order valence-corrected chi connectivity index (χ1v) is 10.2. The van der Waals surface area contributed by atoms with Crippen molar-refractivity contribution in [1.29, 1.82) is 0 Å². The lowest BCUT2D eigenvalue weighted by atomic mass is 10.2. The van der Waals surface area contributed by atoms with Gasteiger partial charge in [-0.1, -0.05) is 26.2 Å². The van der Waals surface area contributed by atoms with Crippen LogP contribution < -0.4 is 5.32 Å². The van der Waals surface area contributed by atoms with Crippen molar-refractivity contribution in [2.45, 2.75) is 32.6 Å². The Bertz CT molecular complexity index is 999. The average Bonchev–Trinajstić information content (AvgIpc) is 3.11. The SMILES string of the molecule is CCCCCCNc1ccc2sc3c4cc(F)ccc4sc3c2c1. The summed E-state index contributed by atoms with van der Waals surface area (Å²) in [7, 11) is 0. The second-order valence-electron chi connectivity index (χ2n) is 6.20. The number of benzene rings is 2. The quantitative estimate of drug-likeness (QED) is 0.354. The second kappa shape index (κ2) is 6.69. The Morgan fingerprint density at radius 3 is 2.33 bits per heavy atom. The highest BCUT2D eigenvalue weighted by Gasteiger charge is 2.13. The van der Waals surface area contributed by atoms with Crippen LogP contribution in [0.15, 0.2) is 36.4 Å². The lowest BCUT2D eigenvalue weighted by Crippen LogP contribution is -2.00. The zero-order valence-electron chi connectivity index (χ0n) is 13.7. The van der Waals surface area contributed by atoms with Gasteiger partial charge in [0.15, 0.2) is 0 Å². The molecule has 0 bridgehead atoms. The largest absolute Gasteiger partial charge is 0.385 e. The lowest BCUT2D eigenvalue weighted by Gasteiger charge is -2.06. The third-order valence-corrected chi connectivity index (χ3v) is 6.94. The van der Waals surface area contributed by atoms with Crippen LogP contribution in [-0.4, -0.2) is 6.54 Å². The summed E-state index contributed by atoms with van der Waals surface area (Å²) in [6, 6.07) is 11.7. The highest BCUT2D eigenvalue weighted by atomic mass is 32.1. The Morgan fingerprint density at radius 1 is 0.875 bits per heavy atom. The molecule has 2 aromatic heterocycles. The van der Waals surface area contributed by atoms with E-state index in [1.165, 1.54) is 50.9 Å². The first kappa shape index (κ1) is 15.9. The molecule has 1 N–H and O–H groups in total. The van der Waals surface area contributed by atoms with Crippen LogP contribution in [0.4, 0.5) is 10.1 Å². The van der Waals surface area contributed by atoms with Gasteiger partial charge in [0.25, 0.3) is 0 Å². The van der Waals surface area contributed by atoms with Gasteiger partial charge in [-0.15, -0.1) is 22.7 Å². The summed E-state index contributed by atoms with van der Waals surface area (Å²) >= 11 is 3.53. The molecule has 124 valence electrons. The number of thiophene rings is 2. The zero-order valence-corrected chi connectivity index (χ0v) is 15.3. The van der Waals surface area contributed by atoms with E-state index < -0.39 is 0 Å². The summed E-state index contributed by atoms with van der Waals surface area (Å²) in [5, 5.41) is 5.88. The van der Waals surface area contributed by atoms with Gasteiger partial charge in [0, 0.05) is 32.4 Å². The van der Waals surface area contributed by atoms with E-state index in [-0.39, 0.29) is 5.82 Å². The molecule has 0 aliphatic carbocycles. The van der Waals surface area contributed by atoms with E-state index in [0.29, 0.717) is 0 Å². The van der Waals surface area contributed by atoms with E-state index in [9.17, 15) is 4.39 Å². The fourth-order valence-corrected chi connectivity index (χ4v) is 5.72. The minimum atomic E-state index is -0.158. The van der Waals surface area contributed by atoms with Crippen molar-refractivity contribution in [3.05, 3.63) is 42.2 Å². The van der Waals surface area contributed by atoms with Crippen molar-refractivity contribution >= 4 is 57.9 Å². The Labute approximate surface area is 149 Å². The summed E-state index contributed by atoms with van der Waals surface area (Å²) in [5.74, 6) is -0.158. The molecule has 0 saturated carbocycles. The van der Waals surface area contributed by atoms with E-state index in [1.54, 1.807) is 34.8 Å². The van der Waals surface area contributed by atoms with E-state index in [4.69, 9.17) is 0 Å². The van der Waals surface area contributed by atoms with Gasteiger partial charge in [0.2, 0.25) is 0 Å². The maximum absolute atomic E-state index is 13.6. The van der Waals surface area contributed by atoms with Gasteiger partial charge in [-0.25, -0.2) is 4.39 Å². The highest BCUT2D eigenvalue weighted by molar-refractivity contribution is 7.36. The molecule has 0 saturated heterocycles. The number of fused-ring (bicyclic) bond motifs is 5. The van der Waals surface area contributed by atoms with Gasteiger partial charge >= 0.3 is 0 Å². The molecule has 2 aromatic carbocycles. The fourth-order valence-electron chi connectivity index (χ4n) is 3.13. The summed E-state index contributed by atoms with van der Waals surface area (Å²) in [6.45, 7) is 3.26. The van der Waals surface area contributed by atoms with E-state index in [1.807, 2.05) is 6.07 Å². The number of halogens is 1. The molecule has 0 fully saturated rings. The Balaban J connectivity index is 1.67. The molecule has 4 rings (SSSR count). The van der Waals surface area contributed by atoms with Gasteiger partial charge in [0.1, 0.15) is 5.82 Å². The maximum Gasteiger partial charge on any atom is 0.123 e. The number of nitrogens with one attached hydrogen (secondary N) is 1. The molecule has 2 heterocycles. The molecular weight excluding hydrogens is 337 g/mol. The maximum atomic E-state index is 13.6. The lowest BCUT2D eigenvalue weighted by molar-refractivity contribution is 0.630. The molecule has 0 amide bonds. The normalized spacial score (nSPS) is 11.8. The third kappa shape index (κ3) is 2.89. The van der Waals surface area contributed by atoms with Crippen molar-refractivity contribution in [2.75, 3.05) is 11.9 Å². The van der Waals surface area contributed by atoms with E-state index >= 15 is 0 Å². The van der Waals surface area contributed by atoms with Gasteiger partial charge in [-0.2, -0.15) is 0 Å². The van der Waals surface area contributed by atoms with Crippen LogP contribution in [0, 0.1) is 5.82 Å². The Kier molecular flexibility index (Phi) is 4.42. The van der Waals surface area contributed by atoms with Crippen LogP contribution in [0.5, 0.6) is 0 Å². The minimum Gasteiger partial charge on any atom is -0.385 e. The van der Waals surface area contributed by atoms with Crippen LogP contribution in [-0.2, 0) is 0 Å². The molecular formula is C20H20FNS2. The van der Waals surface area contributed by atoms with Crippen molar-refractivity contribution < 1.29 is 4.39 Å². The van der Waals surface area contributed by atoms with E-state index in [2.05, 4.69) is 30.4 Å². The van der Waals surface area contributed by atoms with Gasteiger partial charge in [-0.3, -0.25) is 0 Å². The number of hydrogen-bond donors (Lipinski definition) is 1. The second-order valence-corrected chi connectivity index (χ2v) is 8.31. The molecule has 4 aromatic rings. The van der Waals surface area contributed by atoms with Crippen molar-refractivity contribution in [3.63, 3.8) is 0 Å². The van der Waals surface area contributed by atoms with E-state index in [0.717, 1.165) is 16.6 Å². The number of unbranched alkanes of at least 4 members (excludes halogenated alkanes) is 3. The third-order valence-electron chi connectivity index (χ3n) is 4.40. The Morgan fingerprint density at radius 2 is 1.58 bits per heavy atom. The predicted octanol–water partition coefficient (Wildman–Crippen LogP) is 7.40. The highest BCUT2D eigenvalue weighted by Crippen LogP contribution is 2.44.